The molecule has 5 nitrogen and oxygen atoms in total. The zero-order chi connectivity index (χ0) is 12.3. The molecule has 0 aliphatic rings. The van der Waals surface area contributed by atoms with Gasteiger partial charge in [0.2, 0.25) is 0 Å². The van der Waals surface area contributed by atoms with Crippen molar-refractivity contribution in [3.05, 3.63) is 35.7 Å². The van der Waals surface area contributed by atoms with E-state index in [4.69, 9.17) is 0 Å². The molecule has 0 saturated carbocycles. The van der Waals surface area contributed by atoms with Crippen LogP contribution in [0.15, 0.2) is 18.5 Å². The predicted molar refractivity (Wildman–Crippen MR) is 66.6 cm³/mol. The number of rotatable bonds is 5. The van der Waals surface area contributed by atoms with Crippen molar-refractivity contribution in [2.75, 3.05) is 7.05 Å². The summed E-state index contributed by atoms with van der Waals surface area (Å²) >= 11 is 0. The maximum atomic E-state index is 4.36. The molecule has 2 rings (SSSR count). The van der Waals surface area contributed by atoms with Crippen LogP contribution in [-0.2, 0) is 26.6 Å². The molecule has 0 radical (unpaired) electrons. The molecular formula is C12H19N5. The van der Waals surface area contributed by atoms with Gasteiger partial charge in [-0.05, 0) is 20.0 Å². The van der Waals surface area contributed by atoms with E-state index >= 15 is 0 Å². The zero-order valence-electron chi connectivity index (χ0n) is 10.6. The Morgan fingerprint density at radius 2 is 2.18 bits per heavy atom. The first-order chi connectivity index (χ1) is 8.22. The normalized spacial score (nSPS) is 11.0. The number of hydrogen-bond acceptors (Lipinski definition) is 3. The van der Waals surface area contributed by atoms with Crippen molar-refractivity contribution in [2.45, 2.75) is 26.4 Å². The number of aromatic nitrogens is 4. The summed E-state index contributed by atoms with van der Waals surface area (Å²) in [5.41, 5.74) is 2.47. The molecule has 2 aromatic rings. The molecule has 0 aliphatic carbocycles. The van der Waals surface area contributed by atoms with Crippen LogP contribution in [0.1, 0.15) is 17.2 Å². The average Bonchev–Trinajstić information content (AvgIpc) is 2.85. The molecule has 0 saturated heterocycles. The SMILES string of the molecule is CNCc1cnc(C)n1CCc1ccnn1C. The molecule has 0 bridgehead atoms. The van der Waals surface area contributed by atoms with Gasteiger partial charge in [-0.25, -0.2) is 4.98 Å². The molecule has 0 fully saturated rings. The van der Waals surface area contributed by atoms with Gasteiger partial charge >= 0.3 is 0 Å². The maximum absolute atomic E-state index is 4.36. The van der Waals surface area contributed by atoms with E-state index in [1.165, 1.54) is 11.4 Å². The molecule has 17 heavy (non-hydrogen) atoms. The Balaban J connectivity index is 2.08. The first-order valence-electron chi connectivity index (χ1n) is 5.85. The molecule has 0 spiro atoms. The van der Waals surface area contributed by atoms with E-state index in [-0.39, 0.29) is 0 Å². The van der Waals surface area contributed by atoms with Crippen molar-refractivity contribution in [3.63, 3.8) is 0 Å². The fraction of sp³-hybridized carbons (Fsp3) is 0.500. The van der Waals surface area contributed by atoms with Crippen LogP contribution in [0.5, 0.6) is 0 Å². The van der Waals surface area contributed by atoms with Crippen molar-refractivity contribution in [1.82, 2.24) is 24.6 Å². The molecule has 5 heteroatoms. The highest BCUT2D eigenvalue weighted by Crippen LogP contribution is 2.07. The minimum atomic E-state index is 0.853. The van der Waals surface area contributed by atoms with Gasteiger partial charge in [0, 0.05) is 44.6 Å². The van der Waals surface area contributed by atoms with E-state index in [2.05, 4.69) is 26.0 Å². The van der Waals surface area contributed by atoms with Gasteiger partial charge in [0.05, 0.1) is 5.69 Å². The Bertz CT molecular complexity index is 483. The number of nitrogens with zero attached hydrogens (tertiary/aromatic N) is 4. The van der Waals surface area contributed by atoms with Crippen LogP contribution in [0, 0.1) is 6.92 Å². The summed E-state index contributed by atoms with van der Waals surface area (Å²) in [6, 6.07) is 2.06. The molecule has 0 amide bonds. The van der Waals surface area contributed by atoms with Crippen molar-refractivity contribution >= 4 is 0 Å². The van der Waals surface area contributed by atoms with Crippen molar-refractivity contribution < 1.29 is 0 Å². The van der Waals surface area contributed by atoms with E-state index in [9.17, 15) is 0 Å². The second kappa shape index (κ2) is 5.14. The van der Waals surface area contributed by atoms with E-state index in [0.717, 1.165) is 25.3 Å². The molecule has 0 unspecified atom stereocenters. The van der Waals surface area contributed by atoms with Crippen LogP contribution in [0.2, 0.25) is 0 Å². The zero-order valence-corrected chi connectivity index (χ0v) is 10.6. The number of imidazole rings is 1. The summed E-state index contributed by atoms with van der Waals surface area (Å²) in [5.74, 6) is 1.07. The lowest BCUT2D eigenvalue weighted by Crippen LogP contribution is -2.14. The second-order valence-corrected chi connectivity index (χ2v) is 4.17. The third kappa shape index (κ3) is 2.55. The molecule has 2 heterocycles. The molecule has 92 valence electrons. The third-order valence-corrected chi connectivity index (χ3v) is 3.01. The smallest absolute Gasteiger partial charge is 0.105 e. The lowest BCUT2D eigenvalue weighted by molar-refractivity contribution is 0.595. The number of nitrogens with one attached hydrogen (secondary N) is 1. The highest BCUT2D eigenvalue weighted by molar-refractivity contribution is 5.06. The largest absolute Gasteiger partial charge is 0.331 e. The third-order valence-electron chi connectivity index (χ3n) is 3.01. The maximum Gasteiger partial charge on any atom is 0.105 e. The van der Waals surface area contributed by atoms with Crippen LogP contribution in [-0.4, -0.2) is 26.4 Å². The standard InChI is InChI=1S/C12H19N5/c1-10-14-9-12(8-13-2)17(10)7-5-11-4-6-15-16(11)3/h4,6,9,13H,5,7-8H2,1-3H3. The summed E-state index contributed by atoms with van der Waals surface area (Å²) in [7, 11) is 3.93. The summed E-state index contributed by atoms with van der Waals surface area (Å²) < 4.78 is 4.17. The topological polar surface area (TPSA) is 47.7 Å². The first kappa shape index (κ1) is 11.9. The Morgan fingerprint density at radius 1 is 1.35 bits per heavy atom. The lowest BCUT2D eigenvalue weighted by atomic mass is 10.3. The molecular weight excluding hydrogens is 214 g/mol. The van der Waals surface area contributed by atoms with E-state index in [1.54, 1.807) is 0 Å². The highest BCUT2D eigenvalue weighted by atomic mass is 15.3. The van der Waals surface area contributed by atoms with Gasteiger partial charge in [0.25, 0.3) is 0 Å². The van der Waals surface area contributed by atoms with Gasteiger partial charge in [-0.15, -0.1) is 0 Å². The van der Waals surface area contributed by atoms with Gasteiger partial charge < -0.3 is 9.88 Å². The minimum absolute atomic E-state index is 0.853. The van der Waals surface area contributed by atoms with Crippen LogP contribution in [0.3, 0.4) is 0 Å². The summed E-state index contributed by atoms with van der Waals surface area (Å²) in [6.45, 7) is 3.84. The number of aryl methyl sites for hydroxylation is 3. The van der Waals surface area contributed by atoms with Gasteiger partial charge in [0.15, 0.2) is 0 Å². The fourth-order valence-corrected chi connectivity index (χ4v) is 2.02. The number of hydrogen-bond donors (Lipinski definition) is 1. The Hall–Kier alpha value is -1.62. The Morgan fingerprint density at radius 3 is 2.82 bits per heavy atom. The van der Waals surface area contributed by atoms with Gasteiger partial charge in [-0.2, -0.15) is 5.10 Å². The second-order valence-electron chi connectivity index (χ2n) is 4.17. The van der Waals surface area contributed by atoms with Crippen molar-refractivity contribution in [2.24, 2.45) is 7.05 Å². The highest BCUT2D eigenvalue weighted by Gasteiger charge is 2.06. The summed E-state index contributed by atoms with van der Waals surface area (Å²) in [5, 5.41) is 7.34. The van der Waals surface area contributed by atoms with Crippen LogP contribution in [0.4, 0.5) is 0 Å². The van der Waals surface area contributed by atoms with E-state index in [0.29, 0.717) is 0 Å². The van der Waals surface area contributed by atoms with Crippen molar-refractivity contribution in [1.29, 1.82) is 0 Å². The van der Waals surface area contributed by atoms with Gasteiger partial charge in [-0.3, -0.25) is 4.68 Å². The molecule has 0 aliphatic heterocycles. The fourth-order valence-electron chi connectivity index (χ4n) is 2.02. The molecule has 2 aromatic heterocycles. The minimum Gasteiger partial charge on any atom is -0.331 e. The van der Waals surface area contributed by atoms with Crippen LogP contribution in [0.25, 0.3) is 0 Å². The quantitative estimate of drug-likeness (QED) is 0.834. The average molecular weight is 233 g/mol. The van der Waals surface area contributed by atoms with E-state index in [1.807, 2.05) is 38.1 Å². The van der Waals surface area contributed by atoms with E-state index < -0.39 is 0 Å². The predicted octanol–water partition coefficient (Wildman–Crippen LogP) is 0.887. The molecule has 1 N–H and O–H groups in total. The van der Waals surface area contributed by atoms with Crippen LogP contribution < -0.4 is 5.32 Å². The lowest BCUT2D eigenvalue weighted by Gasteiger charge is -2.10. The van der Waals surface area contributed by atoms with Gasteiger partial charge in [-0.1, -0.05) is 0 Å². The molecule has 0 aromatic carbocycles. The monoisotopic (exact) mass is 233 g/mol. The summed E-state index contributed by atoms with van der Waals surface area (Å²) in [6.07, 6.45) is 4.75. The van der Waals surface area contributed by atoms with Crippen molar-refractivity contribution in [3.8, 4) is 0 Å². The van der Waals surface area contributed by atoms with Gasteiger partial charge in [0.1, 0.15) is 5.82 Å². The summed E-state index contributed by atoms with van der Waals surface area (Å²) in [4.78, 5) is 4.36. The first-order valence-corrected chi connectivity index (χ1v) is 5.85. The Kier molecular flexibility index (Phi) is 3.58. The molecule has 0 atom stereocenters. The van der Waals surface area contributed by atoms with Crippen LogP contribution >= 0.6 is 0 Å². The Labute approximate surface area is 101 Å².